The molecule has 13 heavy (non-hydrogen) atoms. The molecule has 1 N–H and O–H groups in total. The van der Waals surface area contributed by atoms with Gasteiger partial charge in [-0.05, 0) is 0 Å². The fourth-order valence-electron chi connectivity index (χ4n) is 0.516. The van der Waals surface area contributed by atoms with Crippen molar-refractivity contribution in [2.24, 2.45) is 0 Å². The van der Waals surface area contributed by atoms with Crippen molar-refractivity contribution in [1.29, 1.82) is 0 Å². The standard InChI is InChI=1S/C4H9NO.CH4O4S.Na/c1-3-6-4-2-5-1;1-5-6(2,3)4;/h5H,1-4H2;1H3,(H,2,3,4);/q;;+1/p-1. The first-order valence-electron chi connectivity index (χ1n) is 3.36. The number of morpholine rings is 1. The van der Waals surface area contributed by atoms with Crippen LogP contribution in [0.4, 0.5) is 0 Å². The molecule has 1 saturated heterocycles. The van der Waals surface area contributed by atoms with Crippen molar-refractivity contribution in [3.63, 3.8) is 0 Å². The molecule has 8 heteroatoms. The normalized spacial score (nSPS) is 16.5. The van der Waals surface area contributed by atoms with Crippen LogP contribution in [0.1, 0.15) is 0 Å². The zero-order valence-corrected chi connectivity index (χ0v) is 10.6. The molecule has 0 aromatic heterocycles. The average molecular weight is 221 g/mol. The van der Waals surface area contributed by atoms with Gasteiger partial charge in [0.15, 0.2) is 0 Å². The van der Waals surface area contributed by atoms with Crippen LogP contribution in [0, 0.1) is 0 Å². The van der Waals surface area contributed by atoms with Crippen molar-refractivity contribution in [2.45, 2.75) is 0 Å². The molecule has 6 nitrogen and oxygen atoms in total. The van der Waals surface area contributed by atoms with E-state index >= 15 is 0 Å². The average Bonchev–Trinajstić information content (AvgIpc) is 2.07. The van der Waals surface area contributed by atoms with Crippen LogP contribution >= 0.6 is 0 Å². The van der Waals surface area contributed by atoms with Crippen LogP contribution in [-0.2, 0) is 19.3 Å². The largest absolute Gasteiger partial charge is 1.00 e. The fraction of sp³-hybridized carbons (Fsp3) is 1.00. The van der Waals surface area contributed by atoms with Gasteiger partial charge >= 0.3 is 29.6 Å². The minimum Gasteiger partial charge on any atom is -0.726 e. The van der Waals surface area contributed by atoms with Crippen molar-refractivity contribution < 1.29 is 51.4 Å². The molecule has 74 valence electrons. The van der Waals surface area contributed by atoms with Gasteiger partial charge in [-0.2, -0.15) is 0 Å². The van der Waals surface area contributed by atoms with Gasteiger partial charge in [-0.15, -0.1) is 0 Å². The third kappa shape index (κ3) is 15.5. The van der Waals surface area contributed by atoms with Gasteiger partial charge in [-0.3, -0.25) is 4.18 Å². The monoisotopic (exact) mass is 221 g/mol. The molecule has 0 amide bonds. The Labute approximate surface area is 100 Å². The number of rotatable bonds is 1. The van der Waals surface area contributed by atoms with E-state index in [2.05, 4.69) is 9.50 Å². The molecule has 1 heterocycles. The Kier molecular flexibility index (Phi) is 11.7. The minimum absolute atomic E-state index is 0. The molecule has 0 atom stereocenters. The van der Waals surface area contributed by atoms with Crippen LogP contribution in [-0.4, -0.2) is 46.4 Å². The van der Waals surface area contributed by atoms with Crippen molar-refractivity contribution in [2.75, 3.05) is 33.4 Å². The molecule has 1 aliphatic rings. The predicted molar refractivity (Wildman–Crippen MR) is 40.4 cm³/mol. The summed E-state index contributed by atoms with van der Waals surface area (Å²) >= 11 is 0. The molecule has 0 spiro atoms. The number of ether oxygens (including phenoxy) is 1. The van der Waals surface area contributed by atoms with Gasteiger partial charge in [-0.25, -0.2) is 8.42 Å². The second-order valence-electron chi connectivity index (χ2n) is 1.94. The Hall–Kier alpha value is 0.790. The first kappa shape index (κ1) is 16.2. The van der Waals surface area contributed by atoms with Crippen LogP contribution < -0.4 is 34.9 Å². The van der Waals surface area contributed by atoms with E-state index in [1.165, 1.54) is 0 Å². The molecule has 1 aliphatic heterocycles. The van der Waals surface area contributed by atoms with Crippen LogP contribution in [0.15, 0.2) is 0 Å². The number of hydrogen-bond donors (Lipinski definition) is 1. The van der Waals surface area contributed by atoms with E-state index in [9.17, 15) is 13.0 Å². The van der Waals surface area contributed by atoms with E-state index in [4.69, 9.17) is 4.74 Å². The van der Waals surface area contributed by atoms with Gasteiger partial charge in [0.2, 0.25) is 10.4 Å². The topological polar surface area (TPSA) is 87.7 Å². The van der Waals surface area contributed by atoms with E-state index in [1.54, 1.807) is 0 Å². The summed E-state index contributed by atoms with van der Waals surface area (Å²) in [5.41, 5.74) is 0. The second kappa shape index (κ2) is 9.35. The molecular weight excluding hydrogens is 209 g/mol. The Morgan fingerprint density at radius 1 is 1.38 bits per heavy atom. The van der Waals surface area contributed by atoms with Crippen molar-refractivity contribution in [1.82, 2.24) is 5.32 Å². The molecule has 0 aromatic carbocycles. The van der Waals surface area contributed by atoms with Crippen LogP contribution in [0.3, 0.4) is 0 Å². The Balaban J connectivity index is 0. The summed E-state index contributed by atoms with van der Waals surface area (Å²) in [4.78, 5) is 0. The molecule has 0 radical (unpaired) electrons. The van der Waals surface area contributed by atoms with Gasteiger partial charge in [0, 0.05) is 13.1 Å². The SMILES string of the molecule is C1COCCN1.COS(=O)(=O)[O-].[Na+]. The maximum atomic E-state index is 9.22. The van der Waals surface area contributed by atoms with E-state index < -0.39 is 10.4 Å². The van der Waals surface area contributed by atoms with Gasteiger partial charge in [0.1, 0.15) is 0 Å². The fourth-order valence-corrected chi connectivity index (χ4v) is 0.516. The third-order valence-corrected chi connectivity index (χ3v) is 1.46. The molecule has 1 fully saturated rings. The zero-order valence-electron chi connectivity index (χ0n) is 7.78. The molecule has 0 aliphatic carbocycles. The van der Waals surface area contributed by atoms with Gasteiger partial charge in [0.25, 0.3) is 0 Å². The zero-order chi connectivity index (χ0) is 9.45. The van der Waals surface area contributed by atoms with E-state index in [0.717, 1.165) is 33.4 Å². The third-order valence-electron chi connectivity index (χ3n) is 1.05. The molecule has 0 saturated carbocycles. The smallest absolute Gasteiger partial charge is 0.726 e. The summed E-state index contributed by atoms with van der Waals surface area (Å²) in [6.07, 6.45) is 0. The number of nitrogens with one attached hydrogen (secondary N) is 1. The van der Waals surface area contributed by atoms with E-state index in [-0.39, 0.29) is 29.6 Å². The van der Waals surface area contributed by atoms with Crippen LogP contribution in [0.5, 0.6) is 0 Å². The summed E-state index contributed by atoms with van der Waals surface area (Å²) in [5.74, 6) is 0. The summed E-state index contributed by atoms with van der Waals surface area (Å²) in [5, 5.41) is 3.16. The maximum Gasteiger partial charge on any atom is 1.00 e. The molecule has 1 rings (SSSR count). The van der Waals surface area contributed by atoms with Gasteiger partial charge in [-0.1, -0.05) is 0 Å². The Bertz CT molecular complexity index is 180. The van der Waals surface area contributed by atoms with Crippen LogP contribution in [0.2, 0.25) is 0 Å². The van der Waals surface area contributed by atoms with Crippen LogP contribution in [0.25, 0.3) is 0 Å². The summed E-state index contributed by atoms with van der Waals surface area (Å²) in [7, 11) is -3.60. The second-order valence-corrected chi connectivity index (χ2v) is 3.09. The molecule has 0 unspecified atom stereocenters. The molecule has 0 bridgehead atoms. The van der Waals surface area contributed by atoms with Gasteiger partial charge < -0.3 is 14.6 Å². The van der Waals surface area contributed by atoms with Crippen molar-refractivity contribution in [3.05, 3.63) is 0 Å². The summed E-state index contributed by atoms with van der Waals surface area (Å²) < 4.78 is 36.0. The van der Waals surface area contributed by atoms with E-state index in [1.807, 2.05) is 0 Å². The first-order chi connectivity index (χ1) is 5.56. The quantitative estimate of drug-likeness (QED) is 0.274. The molecular formula is C5H12NNaO5S. The summed E-state index contributed by atoms with van der Waals surface area (Å²) in [6, 6.07) is 0. The Morgan fingerprint density at radius 3 is 1.85 bits per heavy atom. The van der Waals surface area contributed by atoms with Crippen molar-refractivity contribution >= 4 is 10.4 Å². The van der Waals surface area contributed by atoms with Gasteiger partial charge in [0.05, 0.1) is 20.3 Å². The Morgan fingerprint density at radius 2 is 1.77 bits per heavy atom. The maximum absolute atomic E-state index is 9.22. The predicted octanol–water partition coefficient (Wildman–Crippen LogP) is -4.30. The number of hydrogen-bond acceptors (Lipinski definition) is 6. The minimum atomic E-state index is -4.41. The van der Waals surface area contributed by atoms with Crippen molar-refractivity contribution in [3.8, 4) is 0 Å². The first-order valence-corrected chi connectivity index (χ1v) is 4.69. The molecule has 0 aromatic rings. The summed E-state index contributed by atoms with van der Waals surface area (Å²) in [6.45, 7) is 3.83. The van der Waals surface area contributed by atoms with E-state index in [0.29, 0.717) is 0 Å².